The molecule has 2 saturated heterocycles. The summed E-state index contributed by atoms with van der Waals surface area (Å²) in [7, 11) is 0. The molecule has 2 aliphatic heterocycles. The van der Waals surface area contributed by atoms with Crippen molar-refractivity contribution in [3.05, 3.63) is 36.5 Å². The van der Waals surface area contributed by atoms with Gasteiger partial charge in [0.2, 0.25) is 5.91 Å². The first-order valence-corrected chi connectivity index (χ1v) is 9.22. The molecule has 0 radical (unpaired) electrons. The average molecular weight is 325 g/mol. The van der Waals surface area contributed by atoms with Gasteiger partial charge in [-0.05, 0) is 50.6 Å². The molecule has 0 unspecified atom stereocenters. The normalized spacial score (nSPS) is 24.7. The van der Waals surface area contributed by atoms with Crippen LogP contribution in [0.4, 0.5) is 0 Å². The number of aromatic nitrogens is 1. The van der Waals surface area contributed by atoms with Crippen LogP contribution in [0.3, 0.4) is 0 Å². The van der Waals surface area contributed by atoms with E-state index < -0.39 is 0 Å². The fourth-order valence-electron chi connectivity index (χ4n) is 4.70. The van der Waals surface area contributed by atoms with E-state index in [0.29, 0.717) is 24.7 Å². The first-order valence-electron chi connectivity index (χ1n) is 9.22. The van der Waals surface area contributed by atoms with Crippen molar-refractivity contribution in [1.29, 1.82) is 0 Å². The minimum Gasteiger partial charge on any atom is -0.340 e. The van der Waals surface area contributed by atoms with E-state index >= 15 is 0 Å². The molecule has 2 aliphatic rings. The van der Waals surface area contributed by atoms with Gasteiger partial charge in [-0.1, -0.05) is 18.2 Å². The number of rotatable bonds is 3. The largest absolute Gasteiger partial charge is 0.340 e. The van der Waals surface area contributed by atoms with Crippen LogP contribution in [0.25, 0.3) is 10.9 Å². The van der Waals surface area contributed by atoms with Crippen LogP contribution >= 0.6 is 0 Å². The molecule has 1 aromatic carbocycles. The zero-order valence-electron chi connectivity index (χ0n) is 14.7. The molecular weight excluding hydrogens is 298 g/mol. The van der Waals surface area contributed by atoms with Crippen LogP contribution in [0.2, 0.25) is 0 Å². The van der Waals surface area contributed by atoms with E-state index in [2.05, 4.69) is 46.4 Å². The highest BCUT2D eigenvalue weighted by Crippen LogP contribution is 2.32. The monoisotopic (exact) mass is 325 g/mol. The maximum Gasteiger partial charge on any atom is 0.242 e. The highest BCUT2D eigenvalue weighted by Gasteiger charge is 2.39. The molecule has 1 amide bonds. The maximum atomic E-state index is 12.9. The SMILES string of the molecule is CC(C)N1[C@H]2CC[C@H]1CN(C(=O)Cn1ccc3ccccc31)CC2. The van der Waals surface area contributed by atoms with Gasteiger partial charge in [0.15, 0.2) is 0 Å². The van der Waals surface area contributed by atoms with E-state index in [1.165, 1.54) is 18.2 Å². The number of nitrogens with zero attached hydrogens (tertiary/aromatic N) is 3. The van der Waals surface area contributed by atoms with Crippen molar-refractivity contribution in [1.82, 2.24) is 14.4 Å². The average Bonchev–Trinajstić information content (AvgIpc) is 3.08. The smallest absolute Gasteiger partial charge is 0.242 e. The molecule has 24 heavy (non-hydrogen) atoms. The Bertz CT molecular complexity index is 735. The van der Waals surface area contributed by atoms with E-state index in [1.807, 2.05) is 18.3 Å². The van der Waals surface area contributed by atoms with Crippen molar-refractivity contribution in [2.45, 2.75) is 57.8 Å². The first kappa shape index (κ1) is 15.7. The lowest BCUT2D eigenvalue weighted by molar-refractivity contribution is -0.132. The molecule has 2 fully saturated rings. The molecule has 2 atom stereocenters. The molecule has 2 bridgehead atoms. The third kappa shape index (κ3) is 2.73. The van der Waals surface area contributed by atoms with Crippen molar-refractivity contribution in [2.75, 3.05) is 13.1 Å². The molecular formula is C20H27N3O. The number of carbonyl (C=O) groups is 1. The van der Waals surface area contributed by atoms with Gasteiger partial charge >= 0.3 is 0 Å². The molecule has 2 aromatic rings. The minimum absolute atomic E-state index is 0.257. The van der Waals surface area contributed by atoms with Gasteiger partial charge < -0.3 is 9.47 Å². The number of amides is 1. The number of para-hydroxylation sites is 1. The van der Waals surface area contributed by atoms with Crippen molar-refractivity contribution in [3.8, 4) is 0 Å². The Kier molecular flexibility index (Phi) is 4.09. The van der Waals surface area contributed by atoms with Crippen molar-refractivity contribution < 1.29 is 4.79 Å². The molecule has 0 saturated carbocycles. The van der Waals surface area contributed by atoms with Gasteiger partial charge in [-0.2, -0.15) is 0 Å². The van der Waals surface area contributed by atoms with Crippen molar-refractivity contribution >= 4 is 16.8 Å². The summed E-state index contributed by atoms with van der Waals surface area (Å²) in [5, 5.41) is 1.20. The maximum absolute atomic E-state index is 12.9. The molecule has 0 N–H and O–H groups in total. The van der Waals surface area contributed by atoms with Gasteiger partial charge in [0.25, 0.3) is 0 Å². The highest BCUT2D eigenvalue weighted by molar-refractivity contribution is 5.83. The lowest BCUT2D eigenvalue weighted by atomic mass is 10.1. The summed E-state index contributed by atoms with van der Waals surface area (Å²) >= 11 is 0. The van der Waals surface area contributed by atoms with Gasteiger partial charge in [-0.25, -0.2) is 0 Å². The van der Waals surface area contributed by atoms with Crippen molar-refractivity contribution in [3.63, 3.8) is 0 Å². The topological polar surface area (TPSA) is 28.5 Å². The summed E-state index contributed by atoms with van der Waals surface area (Å²) in [5.41, 5.74) is 1.14. The Hall–Kier alpha value is -1.81. The second-order valence-corrected chi connectivity index (χ2v) is 7.56. The van der Waals surface area contributed by atoms with E-state index in [-0.39, 0.29) is 5.91 Å². The first-order chi connectivity index (χ1) is 11.6. The Labute approximate surface area is 144 Å². The lowest BCUT2D eigenvalue weighted by Crippen LogP contribution is -2.44. The van der Waals surface area contributed by atoms with Gasteiger partial charge in [-0.3, -0.25) is 9.69 Å². The Morgan fingerprint density at radius 1 is 1.12 bits per heavy atom. The van der Waals surface area contributed by atoms with E-state index in [4.69, 9.17) is 0 Å². The van der Waals surface area contributed by atoms with E-state index in [0.717, 1.165) is 25.0 Å². The van der Waals surface area contributed by atoms with Crippen LogP contribution in [0.5, 0.6) is 0 Å². The van der Waals surface area contributed by atoms with E-state index in [9.17, 15) is 4.79 Å². The number of hydrogen-bond donors (Lipinski definition) is 0. The summed E-state index contributed by atoms with van der Waals surface area (Å²) in [5.74, 6) is 0.257. The Morgan fingerprint density at radius 3 is 2.75 bits per heavy atom. The van der Waals surface area contributed by atoms with Crippen LogP contribution < -0.4 is 0 Å². The Balaban J connectivity index is 1.49. The third-order valence-corrected chi connectivity index (χ3v) is 5.77. The lowest BCUT2D eigenvalue weighted by Gasteiger charge is -2.32. The summed E-state index contributed by atoms with van der Waals surface area (Å²) in [4.78, 5) is 17.7. The fraction of sp³-hybridized carbons (Fsp3) is 0.550. The van der Waals surface area contributed by atoms with Crippen LogP contribution in [-0.2, 0) is 11.3 Å². The number of hydrogen-bond acceptors (Lipinski definition) is 2. The number of carbonyl (C=O) groups excluding carboxylic acids is 1. The summed E-state index contributed by atoms with van der Waals surface area (Å²) in [6.45, 7) is 6.82. The van der Waals surface area contributed by atoms with Gasteiger partial charge in [0.05, 0.1) is 0 Å². The highest BCUT2D eigenvalue weighted by atomic mass is 16.2. The molecule has 1 aromatic heterocycles. The molecule has 0 spiro atoms. The number of fused-ring (bicyclic) bond motifs is 3. The standard InChI is InChI=1S/C20H27N3O/c1-15(2)23-17-7-8-18(23)13-22(12-10-17)20(24)14-21-11-9-16-5-3-4-6-19(16)21/h3-6,9,11,15,17-18H,7-8,10,12-14H2,1-2H3/t17-,18-/m0/s1. The van der Waals surface area contributed by atoms with E-state index in [1.54, 1.807) is 0 Å². The number of benzene rings is 1. The molecule has 4 rings (SSSR count). The van der Waals surface area contributed by atoms with Gasteiger partial charge in [-0.15, -0.1) is 0 Å². The quantitative estimate of drug-likeness (QED) is 0.867. The predicted octanol–water partition coefficient (Wildman–Crippen LogP) is 3.12. The summed E-state index contributed by atoms with van der Waals surface area (Å²) in [6, 6.07) is 12.1. The predicted molar refractivity (Wildman–Crippen MR) is 96.9 cm³/mol. The molecule has 128 valence electrons. The molecule has 4 nitrogen and oxygen atoms in total. The number of likely N-dealkylation sites (tertiary alicyclic amines) is 1. The zero-order chi connectivity index (χ0) is 16.7. The van der Waals surface area contributed by atoms with Crippen LogP contribution in [0, 0.1) is 0 Å². The van der Waals surface area contributed by atoms with Crippen LogP contribution in [-0.4, -0.2) is 51.5 Å². The minimum atomic E-state index is 0.257. The summed E-state index contributed by atoms with van der Waals surface area (Å²) in [6.07, 6.45) is 5.69. The van der Waals surface area contributed by atoms with Gasteiger partial charge in [0.1, 0.15) is 6.54 Å². The van der Waals surface area contributed by atoms with Crippen molar-refractivity contribution in [2.24, 2.45) is 0 Å². The van der Waals surface area contributed by atoms with Crippen LogP contribution in [0.15, 0.2) is 36.5 Å². The third-order valence-electron chi connectivity index (χ3n) is 5.77. The fourth-order valence-corrected chi connectivity index (χ4v) is 4.70. The van der Waals surface area contributed by atoms with Gasteiger partial charge in [0, 0.05) is 42.9 Å². The van der Waals surface area contributed by atoms with Crippen LogP contribution in [0.1, 0.15) is 33.1 Å². The zero-order valence-corrected chi connectivity index (χ0v) is 14.7. The second-order valence-electron chi connectivity index (χ2n) is 7.56. The molecule has 4 heteroatoms. The summed E-state index contributed by atoms with van der Waals surface area (Å²) < 4.78 is 2.08. The Morgan fingerprint density at radius 2 is 1.92 bits per heavy atom. The molecule has 3 heterocycles. The second kappa shape index (κ2) is 6.25. The molecule has 0 aliphatic carbocycles.